The molecule has 2 atom stereocenters. The lowest BCUT2D eigenvalue weighted by Gasteiger charge is -2.35. The van der Waals surface area contributed by atoms with Crippen molar-refractivity contribution in [1.29, 1.82) is 0 Å². The number of anilines is 1. The van der Waals surface area contributed by atoms with Gasteiger partial charge in [-0.05, 0) is 54.5 Å². The molecule has 5 nitrogen and oxygen atoms in total. The van der Waals surface area contributed by atoms with Crippen LogP contribution in [0.1, 0.15) is 61.3 Å². The maximum absolute atomic E-state index is 14.0. The van der Waals surface area contributed by atoms with Crippen LogP contribution in [0.4, 0.5) is 14.5 Å². The molecule has 2 N–H and O–H groups in total. The minimum atomic E-state index is -0.813. The molecule has 5 rings (SSSR count). The second-order valence-corrected chi connectivity index (χ2v) is 10.3. The molecule has 2 unspecified atom stereocenters. The van der Waals surface area contributed by atoms with Gasteiger partial charge in [0, 0.05) is 22.1 Å². The van der Waals surface area contributed by atoms with Gasteiger partial charge < -0.3 is 0 Å². The fourth-order valence-corrected chi connectivity index (χ4v) is 5.98. The standard InChI is InChI=1S/C24H22Cl2F2N4O/c1-23(2)14-8-9-24(23,3)21-19(14)20(31-32(21)18-7-4-12(25)10-15(18)26)22(33)30-29-17-6-5-13(27)11-16(17)28/h4-7,10-11,14,29H,8-9H2,1-3H3,(H,30,33). The zero-order chi connectivity index (χ0) is 23.7. The first kappa shape index (κ1) is 22.2. The maximum atomic E-state index is 14.0. The molecule has 2 aliphatic rings. The molecule has 3 aromatic rings. The number of nitrogens with zero attached hydrogens (tertiary/aromatic N) is 2. The average Bonchev–Trinajstić information content (AvgIpc) is 3.29. The van der Waals surface area contributed by atoms with E-state index in [9.17, 15) is 13.6 Å². The first-order valence-electron chi connectivity index (χ1n) is 10.6. The first-order valence-corrected chi connectivity index (χ1v) is 11.4. The highest BCUT2D eigenvalue weighted by Crippen LogP contribution is 2.68. The largest absolute Gasteiger partial charge is 0.295 e. The summed E-state index contributed by atoms with van der Waals surface area (Å²) in [5.74, 6) is -1.88. The molecule has 33 heavy (non-hydrogen) atoms. The number of hydrogen-bond donors (Lipinski definition) is 2. The molecule has 9 heteroatoms. The highest BCUT2D eigenvalue weighted by atomic mass is 35.5. The van der Waals surface area contributed by atoms with Crippen molar-refractivity contribution in [3.8, 4) is 5.69 Å². The average molecular weight is 491 g/mol. The summed E-state index contributed by atoms with van der Waals surface area (Å²) in [6, 6.07) is 8.23. The number of aromatic nitrogens is 2. The van der Waals surface area contributed by atoms with Crippen molar-refractivity contribution in [2.75, 3.05) is 5.43 Å². The van der Waals surface area contributed by atoms with Gasteiger partial charge in [0.05, 0.1) is 22.1 Å². The molecule has 2 bridgehead atoms. The second-order valence-electron chi connectivity index (χ2n) is 9.47. The van der Waals surface area contributed by atoms with Crippen LogP contribution in [0.15, 0.2) is 36.4 Å². The van der Waals surface area contributed by atoms with Crippen molar-refractivity contribution in [3.63, 3.8) is 0 Å². The van der Waals surface area contributed by atoms with Gasteiger partial charge in [0.2, 0.25) is 0 Å². The summed E-state index contributed by atoms with van der Waals surface area (Å²) < 4.78 is 28.9. The number of carbonyl (C=O) groups excluding carboxylic acids is 1. The molecule has 0 radical (unpaired) electrons. The number of benzene rings is 2. The highest BCUT2D eigenvalue weighted by molar-refractivity contribution is 6.35. The quantitative estimate of drug-likeness (QED) is 0.416. The Morgan fingerprint density at radius 3 is 2.61 bits per heavy atom. The lowest BCUT2D eigenvalue weighted by molar-refractivity contribution is 0.0955. The number of carbonyl (C=O) groups is 1. The van der Waals surface area contributed by atoms with Gasteiger partial charge in [0.1, 0.15) is 5.82 Å². The van der Waals surface area contributed by atoms with Crippen molar-refractivity contribution in [2.24, 2.45) is 5.41 Å². The number of rotatable bonds is 4. The molecule has 1 heterocycles. The number of fused-ring (bicyclic) bond motifs is 5. The van der Waals surface area contributed by atoms with Crippen LogP contribution >= 0.6 is 23.2 Å². The molecule has 1 amide bonds. The highest BCUT2D eigenvalue weighted by Gasteiger charge is 2.63. The van der Waals surface area contributed by atoms with Crippen LogP contribution < -0.4 is 10.9 Å². The van der Waals surface area contributed by atoms with Gasteiger partial charge in [-0.1, -0.05) is 44.0 Å². The van der Waals surface area contributed by atoms with Crippen LogP contribution in [0, 0.1) is 17.0 Å². The molecule has 0 spiro atoms. The van der Waals surface area contributed by atoms with E-state index in [0.29, 0.717) is 15.7 Å². The summed E-state index contributed by atoms with van der Waals surface area (Å²) in [4.78, 5) is 13.2. The minimum absolute atomic E-state index is 0.0459. The number of amides is 1. The van der Waals surface area contributed by atoms with Crippen molar-refractivity contribution in [3.05, 3.63) is 75.0 Å². The van der Waals surface area contributed by atoms with Crippen LogP contribution in [0.2, 0.25) is 10.0 Å². The fraction of sp³-hybridized carbons (Fsp3) is 0.333. The molecule has 2 aliphatic carbocycles. The van der Waals surface area contributed by atoms with E-state index in [2.05, 4.69) is 36.7 Å². The van der Waals surface area contributed by atoms with E-state index < -0.39 is 17.5 Å². The Kier molecular flexibility index (Phi) is 4.99. The smallest absolute Gasteiger partial charge is 0.290 e. The first-order chi connectivity index (χ1) is 15.5. The van der Waals surface area contributed by atoms with E-state index in [1.165, 1.54) is 6.07 Å². The van der Waals surface area contributed by atoms with Gasteiger partial charge in [-0.3, -0.25) is 15.6 Å². The van der Waals surface area contributed by atoms with E-state index in [1.54, 1.807) is 22.9 Å². The topological polar surface area (TPSA) is 59.0 Å². The van der Waals surface area contributed by atoms with Gasteiger partial charge in [0.15, 0.2) is 11.5 Å². The predicted molar refractivity (Wildman–Crippen MR) is 124 cm³/mol. The van der Waals surface area contributed by atoms with E-state index in [-0.39, 0.29) is 28.1 Å². The van der Waals surface area contributed by atoms with E-state index in [1.807, 2.05) is 0 Å². The Hall–Kier alpha value is -2.64. The lowest BCUT2D eigenvalue weighted by atomic mass is 9.70. The zero-order valence-electron chi connectivity index (χ0n) is 18.3. The number of hydrazine groups is 1. The van der Waals surface area contributed by atoms with Gasteiger partial charge in [-0.15, -0.1) is 0 Å². The summed E-state index contributed by atoms with van der Waals surface area (Å²) in [5.41, 5.74) is 7.45. The predicted octanol–water partition coefficient (Wildman–Crippen LogP) is 6.39. The summed E-state index contributed by atoms with van der Waals surface area (Å²) in [6.07, 6.45) is 1.91. The molecule has 0 aliphatic heterocycles. The molecule has 0 saturated heterocycles. The Labute approximate surface area is 200 Å². The maximum Gasteiger partial charge on any atom is 0.290 e. The summed E-state index contributed by atoms with van der Waals surface area (Å²) in [5, 5.41) is 5.61. The fourth-order valence-electron chi connectivity index (χ4n) is 5.49. The number of nitrogens with one attached hydrogen (secondary N) is 2. The SMILES string of the molecule is CC12CCC(c3c(C(=O)NNc4ccc(F)cc4F)nn(-c4ccc(Cl)cc4Cl)c31)C2(C)C. The Balaban J connectivity index is 1.59. The third-order valence-electron chi connectivity index (χ3n) is 7.61. The zero-order valence-corrected chi connectivity index (χ0v) is 19.8. The summed E-state index contributed by atoms with van der Waals surface area (Å²) in [6.45, 7) is 6.63. The molecular weight excluding hydrogens is 469 g/mol. The van der Waals surface area contributed by atoms with Gasteiger partial charge >= 0.3 is 0 Å². The Morgan fingerprint density at radius 1 is 1.15 bits per heavy atom. The third-order valence-corrected chi connectivity index (χ3v) is 8.15. The Bertz CT molecular complexity index is 1310. The van der Waals surface area contributed by atoms with E-state index in [4.69, 9.17) is 23.2 Å². The molecule has 2 aromatic carbocycles. The van der Waals surface area contributed by atoms with Crippen LogP contribution in [0.5, 0.6) is 0 Å². The second kappa shape index (κ2) is 7.43. The van der Waals surface area contributed by atoms with E-state index >= 15 is 0 Å². The third kappa shape index (κ3) is 3.16. The number of hydrogen-bond acceptors (Lipinski definition) is 3. The monoisotopic (exact) mass is 490 g/mol. The van der Waals surface area contributed by atoms with Crippen LogP contribution in [0.25, 0.3) is 5.69 Å². The van der Waals surface area contributed by atoms with E-state index in [0.717, 1.165) is 36.2 Å². The van der Waals surface area contributed by atoms with Gasteiger partial charge in [-0.2, -0.15) is 5.10 Å². The molecule has 1 saturated carbocycles. The Morgan fingerprint density at radius 2 is 1.91 bits per heavy atom. The van der Waals surface area contributed by atoms with Crippen LogP contribution in [-0.4, -0.2) is 15.7 Å². The van der Waals surface area contributed by atoms with Crippen LogP contribution in [-0.2, 0) is 5.41 Å². The van der Waals surface area contributed by atoms with Gasteiger partial charge in [-0.25, -0.2) is 13.5 Å². The molecule has 172 valence electrons. The molecule has 1 fully saturated rings. The number of halogens is 4. The van der Waals surface area contributed by atoms with Crippen molar-refractivity contribution < 1.29 is 13.6 Å². The van der Waals surface area contributed by atoms with Gasteiger partial charge in [0.25, 0.3) is 5.91 Å². The van der Waals surface area contributed by atoms with Crippen molar-refractivity contribution in [2.45, 2.75) is 44.9 Å². The summed E-state index contributed by atoms with van der Waals surface area (Å²) in [7, 11) is 0. The summed E-state index contributed by atoms with van der Waals surface area (Å²) >= 11 is 12.6. The lowest BCUT2D eigenvalue weighted by Crippen LogP contribution is -2.34. The normalized spacial score (nSPS) is 22.3. The van der Waals surface area contributed by atoms with Crippen LogP contribution in [0.3, 0.4) is 0 Å². The van der Waals surface area contributed by atoms with Crippen molar-refractivity contribution in [1.82, 2.24) is 15.2 Å². The molecular formula is C24H22Cl2F2N4O. The van der Waals surface area contributed by atoms with Crippen molar-refractivity contribution >= 4 is 34.8 Å². The molecule has 1 aromatic heterocycles. The minimum Gasteiger partial charge on any atom is -0.295 e.